The van der Waals surface area contributed by atoms with Crippen LogP contribution < -0.4 is 10.1 Å². The lowest BCUT2D eigenvalue weighted by atomic mass is 10.1. The number of ketones is 1. The van der Waals surface area contributed by atoms with Crippen LogP contribution in [0.5, 0.6) is 5.75 Å². The number of ether oxygens (including phenoxy) is 1. The highest BCUT2D eigenvalue weighted by atomic mass is 16.5. The zero-order chi connectivity index (χ0) is 14.9. The molecule has 0 aliphatic carbocycles. The van der Waals surface area contributed by atoms with Crippen molar-refractivity contribution >= 4 is 5.78 Å². The van der Waals surface area contributed by atoms with Crippen LogP contribution in [-0.2, 0) is 6.42 Å². The van der Waals surface area contributed by atoms with Crippen LogP contribution in [-0.4, -0.2) is 26.0 Å². The van der Waals surface area contributed by atoms with Gasteiger partial charge in [-0.3, -0.25) is 4.79 Å². The number of hydrogen-bond donors (Lipinski definition) is 1. The number of rotatable bonds is 8. The quantitative estimate of drug-likeness (QED) is 0.597. The van der Waals surface area contributed by atoms with Gasteiger partial charge in [-0.2, -0.15) is 0 Å². The van der Waals surface area contributed by atoms with Gasteiger partial charge in [0.1, 0.15) is 5.75 Å². The molecule has 2 aromatic rings. The minimum atomic E-state index is 0.140. The second kappa shape index (κ2) is 8.22. The van der Waals surface area contributed by atoms with E-state index in [1.54, 1.807) is 13.2 Å². The molecule has 0 fully saturated rings. The Hall–Kier alpha value is -2.13. The number of methoxy groups -OCH3 is 1. The molecule has 0 atom stereocenters. The number of nitrogens with one attached hydrogen (secondary N) is 1. The Labute approximate surface area is 126 Å². The smallest absolute Gasteiger partial charge is 0.164 e. The van der Waals surface area contributed by atoms with Gasteiger partial charge in [0.25, 0.3) is 0 Å². The zero-order valence-corrected chi connectivity index (χ0v) is 12.3. The average Bonchev–Trinajstić information content (AvgIpc) is 2.55. The molecule has 0 aromatic heterocycles. The van der Waals surface area contributed by atoms with E-state index in [1.165, 1.54) is 5.56 Å². The molecule has 2 rings (SSSR count). The molecule has 110 valence electrons. The van der Waals surface area contributed by atoms with Gasteiger partial charge in [0, 0.05) is 18.5 Å². The number of carbonyl (C=O) groups excluding carboxylic acids is 1. The molecule has 0 bridgehead atoms. The Morgan fingerprint density at radius 1 is 1.05 bits per heavy atom. The first-order valence-electron chi connectivity index (χ1n) is 7.21. The summed E-state index contributed by atoms with van der Waals surface area (Å²) in [7, 11) is 1.61. The Morgan fingerprint density at radius 2 is 1.86 bits per heavy atom. The zero-order valence-electron chi connectivity index (χ0n) is 12.3. The first kappa shape index (κ1) is 15.3. The minimum Gasteiger partial charge on any atom is -0.497 e. The molecule has 0 radical (unpaired) electrons. The number of Topliss-reactive ketones (excluding diaryl/α,β-unsaturated/α-hetero) is 1. The number of hydrogen-bond acceptors (Lipinski definition) is 3. The van der Waals surface area contributed by atoms with Gasteiger partial charge in [0.05, 0.1) is 7.11 Å². The summed E-state index contributed by atoms with van der Waals surface area (Å²) in [5.74, 6) is 0.860. The monoisotopic (exact) mass is 283 g/mol. The normalized spacial score (nSPS) is 10.3. The van der Waals surface area contributed by atoms with E-state index in [9.17, 15) is 4.79 Å². The van der Waals surface area contributed by atoms with Crippen molar-refractivity contribution in [1.29, 1.82) is 0 Å². The van der Waals surface area contributed by atoms with Crippen LogP contribution in [0.4, 0.5) is 0 Å². The molecule has 0 heterocycles. The van der Waals surface area contributed by atoms with Gasteiger partial charge >= 0.3 is 0 Å². The highest BCUT2D eigenvalue weighted by molar-refractivity contribution is 5.96. The molecular weight excluding hydrogens is 262 g/mol. The maximum absolute atomic E-state index is 12.1. The second-order valence-electron chi connectivity index (χ2n) is 4.89. The molecule has 0 aliphatic rings. The average molecular weight is 283 g/mol. The standard InChI is InChI=1S/C18H21NO2/c1-21-17-9-5-8-16(14-17)18(20)11-13-19-12-10-15-6-3-2-4-7-15/h2-9,14,19H,10-13H2,1H3. The Bertz CT molecular complexity index is 566. The van der Waals surface area contributed by atoms with Crippen LogP contribution in [0.25, 0.3) is 0 Å². The van der Waals surface area contributed by atoms with Gasteiger partial charge in [-0.1, -0.05) is 42.5 Å². The lowest BCUT2D eigenvalue weighted by molar-refractivity contribution is 0.0982. The minimum absolute atomic E-state index is 0.140. The summed E-state index contributed by atoms with van der Waals surface area (Å²) in [4.78, 5) is 12.1. The Balaban J connectivity index is 1.69. The summed E-state index contributed by atoms with van der Waals surface area (Å²) in [6, 6.07) is 17.6. The molecular formula is C18H21NO2. The van der Waals surface area contributed by atoms with E-state index in [-0.39, 0.29) is 5.78 Å². The maximum Gasteiger partial charge on any atom is 0.164 e. The van der Waals surface area contributed by atoms with Crippen molar-refractivity contribution in [3.05, 3.63) is 65.7 Å². The van der Waals surface area contributed by atoms with Crippen LogP contribution in [0, 0.1) is 0 Å². The lowest BCUT2D eigenvalue weighted by Gasteiger charge is -2.06. The number of carbonyl (C=O) groups is 1. The van der Waals surface area contributed by atoms with Crippen molar-refractivity contribution in [1.82, 2.24) is 5.32 Å². The van der Waals surface area contributed by atoms with Crippen molar-refractivity contribution in [3.63, 3.8) is 0 Å². The lowest BCUT2D eigenvalue weighted by Crippen LogP contribution is -2.21. The Kier molecular flexibility index (Phi) is 5.98. The van der Waals surface area contributed by atoms with Crippen molar-refractivity contribution < 1.29 is 9.53 Å². The SMILES string of the molecule is COc1cccc(C(=O)CCNCCc2ccccc2)c1. The highest BCUT2D eigenvalue weighted by Crippen LogP contribution is 2.13. The van der Waals surface area contributed by atoms with E-state index in [4.69, 9.17) is 4.74 Å². The van der Waals surface area contributed by atoms with E-state index in [2.05, 4.69) is 17.4 Å². The molecule has 2 aromatic carbocycles. The summed E-state index contributed by atoms with van der Waals surface area (Å²) in [5.41, 5.74) is 2.02. The predicted octanol–water partition coefficient (Wildman–Crippen LogP) is 3.10. The molecule has 0 unspecified atom stereocenters. The van der Waals surface area contributed by atoms with Crippen molar-refractivity contribution in [3.8, 4) is 5.75 Å². The molecule has 3 nitrogen and oxygen atoms in total. The molecule has 3 heteroatoms. The molecule has 1 N–H and O–H groups in total. The van der Waals surface area contributed by atoms with Gasteiger partial charge in [-0.15, -0.1) is 0 Å². The first-order valence-corrected chi connectivity index (χ1v) is 7.21. The highest BCUT2D eigenvalue weighted by Gasteiger charge is 2.06. The summed E-state index contributed by atoms with van der Waals surface area (Å²) < 4.78 is 5.13. The van der Waals surface area contributed by atoms with Gasteiger partial charge in [-0.25, -0.2) is 0 Å². The molecule has 0 amide bonds. The topological polar surface area (TPSA) is 38.3 Å². The van der Waals surface area contributed by atoms with E-state index in [0.29, 0.717) is 18.5 Å². The third-order valence-corrected chi connectivity index (χ3v) is 3.35. The van der Waals surface area contributed by atoms with Gasteiger partial charge in [0.2, 0.25) is 0 Å². The third kappa shape index (κ3) is 5.04. The van der Waals surface area contributed by atoms with E-state index < -0.39 is 0 Å². The predicted molar refractivity (Wildman–Crippen MR) is 85.0 cm³/mol. The molecule has 0 spiro atoms. The van der Waals surface area contributed by atoms with E-state index in [0.717, 1.165) is 18.7 Å². The van der Waals surface area contributed by atoms with Gasteiger partial charge < -0.3 is 10.1 Å². The molecule has 0 saturated heterocycles. The van der Waals surface area contributed by atoms with Crippen LogP contribution in [0.3, 0.4) is 0 Å². The largest absolute Gasteiger partial charge is 0.497 e. The fraction of sp³-hybridized carbons (Fsp3) is 0.278. The first-order chi connectivity index (χ1) is 10.3. The molecule has 0 saturated carbocycles. The fourth-order valence-corrected chi connectivity index (χ4v) is 2.15. The van der Waals surface area contributed by atoms with Crippen LogP contribution in [0.2, 0.25) is 0 Å². The summed E-state index contributed by atoms with van der Waals surface area (Å²) in [5, 5.41) is 3.31. The fourth-order valence-electron chi connectivity index (χ4n) is 2.15. The van der Waals surface area contributed by atoms with Crippen molar-refractivity contribution in [2.45, 2.75) is 12.8 Å². The molecule has 0 aliphatic heterocycles. The maximum atomic E-state index is 12.1. The summed E-state index contributed by atoms with van der Waals surface area (Å²) in [6.45, 7) is 1.58. The Morgan fingerprint density at radius 3 is 2.62 bits per heavy atom. The van der Waals surface area contributed by atoms with E-state index in [1.807, 2.05) is 36.4 Å². The summed E-state index contributed by atoms with van der Waals surface area (Å²) in [6.07, 6.45) is 1.48. The number of benzene rings is 2. The summed E-state index contributed by atoms with van der Waals surface area (Å²) >= 11 is 0. The van der Waals surface area contributed by atoms with Crippen LogP contribution in [0.1, 0.15) is 22.3 Å². The van der Waals surface area contributed by atoms with Crippen LogP contribution >= 0.6 is 0 Å². The third-order valence-electron chi connectivity index (χ3n) is 3.35. The van der Waals surface area contributed by atoms with Crippen LogP contribution in [0.15, 0.2) is 54.6 Å². The van der Waals surface area contributed by atoms with Gasteiger partial charge in [-0.05, 0) is 30.7 Å². The van der Waals surface area contributed by atoms with E-state index >= 15 is 0 Å². The van der Waals surface area contributed by atoms with Gasteiger partial charge in [0.15, 0.2) is 5.78 Å². The molecule has 21 heavy (non-hydrogen) atoms. The second-order valence-corrected chi connectivity index (χ2v) is 4.89. The van der Waals surface area contributed by atoms with Crippen molar-refractivity contribution in [2.75, 3.05) is 20.2 Å². The van der Waals surface area contributed by atoms with Crippen molar-refractivity contribution in [2.24, 2.45) is 0 Å².